The van der Waals surface area contributed by atoms with Crippen molar-refractivity contribution >= 4 is 0 Å². The normalized spacial score (nSPS) is 27.6. The van der Waals surface area contributed by atoms with E-state index in [9.17, 15) is 0 Å². The van der Waals surface area contributed by atoms with Gasteiger partial charge in [-0.3, -0.25) is 4.90 Å². The van der Waals surface area contributed by atoms with E-state index in [-0.39, 0.29) is 0 Å². The molecule has 0 aliphatic carbocycles. The van der Waals surface area contributed by atoms with Crippen molar-refractivity contribution in [3.8, 4) is 0 Å². The summed E-state index contributed by atoms with van der Waals surface area (Å²) in [7, 11) is 0. The zero-order valence-electron chi connectivity index (χ0n) is 13.2. The summed E-state index contributed by atoms with van der Waals surface area (Å²) >= 11 is 0. The molecule has 0 aromatic rings. The number of nitrogens with one attached hydrogen (secondary N) is 1. The molecule has 112 valence electrons. The summed E-state index contributed by atoms with van der Waals surface area (Å²) in [5, 5.41) is 3.66. The predicted molar refractivity (Wildman–Crippen MR) is 82.6 cm³/mol. The average Bonchev–Trinajstić information content (AvgIpc) is 2.39. The van der Waals surface area contributed by atoms with E-state index in [1.807, 2.05) is 0 Å². The molecule has 1 unspecified atom stereocenters. The standard InChI is InChI=1S/C16H33N3/c1-16(2,3)19-13-11-18(12-14-19)10-6-8-15-7-4-5-9-17-15/h15,17H,4-14H2,1-3H3. The molecule has 0 aromatic carbocycles. The molecule has 2 heterocycles. The number of hydrogen-bond donors (Lipinski definition) is 1. The second kappa shape index (κ2) is 7.05. The van der Waals surface area contributed by atoms with Gasteiger partial charge in [0.25, 0.3) is 0 Å². The molecule has 2 saturated heterocycles. The Morgan fingerprint density at radius 3 is 2.37 bits per heavy atom. The van der Waals surface area contributed by atoms with Crippen molar-refractivity contribution in [3.63, 3.8) is 0 Å². The van der Waals surface area contributed by atoms with E-state index in [4.69, 9.17) is 0 Å². The van der Waals surface area contributed by atoms with Crippen molar-refractivity contribution in [1.29, 1.82) is 0 Å². The van der Waals surface area contributed by atoms with Gasteiger partial charge < -0.3 is 10.2 Å². The summed E-state index contributed by atoms with van der Waals surface area (Å²) in [5.41, 5.74) is 0.345. The fourth-order valence-electron chi connectivity index (χ4n) is 3.37. The molecule has 0 amide bonds. The Bertz CT molecular complexity index is 245. The Labute approximate surface area is 119 Å². The lowest BCUT2D eigenvalue weighted by Crippen LogP contribution is -2.53. The minimum atomic E-state index is 0.345. The Balaban J connectivity index is 1.58. The minimum Gasteiger partial charge on any atom is -0.314 e. The maximum atomic E-state index is 3.66. The van der Waals surface area contributed by atoms with Gasteiger partial charge in [-0.15, -0.1) is 0 Å². The Morgan fingerprint density at radius 1 is 1.05 bits per heavy atom. The van der Waals surface area contributed by atoms with Crippen LogP contribution in [-0.4, -0.2) is 60.6 Å². The molecule has 2 fully saturated rings. The van der Waals surface area contributed by atoms with Crippen LogP contribution in [-0.2, 0) is 0 Å². The molecule has 1 atom stereocenters. The quantitative estimate of drug-likeness (QED) is 0.843. The first-order chi connectivity index (χ1) is 9.05. The highest BCUT2D eigenvalue weighted by molar-refractivity contribution is 4.82. The Hall–Kier alpha value is -0.120. The van der Waals surface area contributed by atoms with Gasteiger partial charge in [0.1, 0.15) is 0 Å². The monoisotopic (exact) mass is 267 g/mol. The molecule has 0 bridgehead atoms. The van der Waals surface area contributed by atoms with E-state index in [0.717, 1.165) is 6.04 Å². The van der Waals surface area contributed by atoms with E-state index in [0.29, 0.717) is 5.54 Å². The molecule has 0 radical (unpaired) electrons. The van der Waals surface area contributed by atoms with Crippen LogP contribution in [0.1, 0.15) is 52.9 Å². The van der Waals surface area contributed by atoms with Crippen LogP contribution in [0.4, 0.5) is 0 Å². The second-order valence-corrected chi connectivity index (χ2v) is 7.29. The summed E-state index contributed by atoms with van der Waals surface area (Å²) in [6.07, 6.45) is 6.96. The van der Waals surface area contributed by atoms with Crippen LogP contribution in [0.2, 0.25) is 0 Å². The van der Waals surface area contributed by atoms with Gasteiger partial charge in [-0.1, -0.05) is 6.42 Å². The predicted octanol–water partition coefficient (Wildman–Crippen LogP) is 2.32. The fraction of sp³-hybridized carbons (Fsp3) is 1.00. The third-order valence-electron chi connectivity index (χ3n) is 4.76. The lowest BCUT2D eigenvalue weighted by Gasteiger charge is -2.42. The number of rotatable bonds is 4. The number of piperidine rings is 1. The van der Waals surface area contributed by atoms with Crippen LogP contribution in [0.5, 0.6) is 0 Å². The summed E-state index contributed by atoms with van der Waals surface area (Å²) in [5.74, 6) is 0. The second-order valence-electron chi connectivity index (χ2n) is 7.29. The van der Waals surface area contributed by atoms with E-state index in [1.54, 1.807) is 0 Å². The zero-order valence-corrected chi connectivity index (χ0v) is 13.2. The van der Waals surface area contributed by atoms with E-state index >= 15 is 0 Å². The first kappa shape index (κ1) is 15.3. The molecule has 0 aromatic heterocycles. The molecular weight excluding hydrogens is 234 g/mol. The van der Waals surface area contributed by atoms with E-state index < -0.39 is 0 Å². The maximum absolute atomic E-state index is 3.66. The lowest BCUT2D eigenvalue weighted by molar-refractivity contribution is 0.0612. The van der Waals surface area contributed by atoms with Crippen molar-refractivity contribution in [3.05, 3.63) is 0 Å². The third kappa shape index (κ3) is 5.05. The van der Waals surface area contributed by atoms with Gasteiger partial charge in [0, 0.05) is 37.8 Å². The van der Waals surface area contributed by atoms with Crippen LogP contribution in [0.3, 0.4) is 0 Å². The number of nitrogens with zero attached hydrogens (tertiary/aromatic N) is 2. The van der Waals surface area contributed by atoms with Gasteiger partial charge in [-0.05, 0) is 59.5 Å². The van der Waals surface area contributed by atoms with Gasteiger partial charge in [0.15, 0.2) is 0 Å². The third-order valence-corrected chi connectivity index (χ3v) is 4.76. The zero-order chi connectivity index (χ0) is 13.7. The molecule has 2 rings (SSSR count). The molecule has 0 saturated carbocycles. The largest absolute Gasteiger partial charge is 0.314 e. The molecule has 2 aliphatic heterocycles. The number of hydrogen-bond acceptors (Lipinski definition) is 3. The Kier molecular flexibility index (Phi) is 5.67. The molecule has 1 N–H and O–H groups in total. The van der Waals surface area contributed by atoms with E-state index in [2.05, 4.69) is 35.9 Å². The van der Waals surface area contributed by atoms with E-state index in [1.165, 1.54) is 71.4 Å². The summed E-state index contributed by atoms with van der Waals surface area (Å²) in [4.78, 5) is 5.28. The summed E-state index contributed by atoms with van der Waals surface area (Å²) < 4.78 is 0. The lowest BCUT2D eigenvalue weighted by atomic mass is 10.0. The average molecular weight is 267 g/mol. The van der Waals surface area contributed by atoms with Crippen LogP contribution < -0.4 is 5.32 Å². The molecule has 19 heavy (non-hydrogen) atoms. The highest BCUT2D eigenvalue weighted by Crippen LogP contribution is 2.17. The SMILES string of the molecule is CC(C)(C)N1CCN(CCCC2CCCCN2)CC1. The Morgan fingerprint density at radius 2 is 1.79 bits per heavy atom. The van der Waals surface area contributed by atoms with Gasteiger partial charge in [0.05, 0.1) is 0 Å². The minimum absolute atomic E-state index is 0.345. The van der Waals surface area contributed by atoms with Gasteiger partial charge in [-0.2, -0.15) is 0 Å². The first-order valence-corrected chi connectivity index (χ1v) is 8.26. The number of piperazine rings is 1. The smallest absolute Gasteiger partial charge is 0.0126 e. The summed E-state index contributed by atoms with van der Waals surface area (Å²) in [6, 6.07) is 0.810. The molecular formula is C16H33N3. The van der Waals surface area contributed by atoms with Crippen LogP contribution in [0, 0.1) is 0 Å². The molecule has 2 aliphatic rings. The van der Waals surface area contributed by atoms with Crippen molar-refractivity contribution in [2.75, 3.05) is 39.3 Å². The van der Waals surface area contributed by atoms with Gasteiger partial charge >= 0.3 is 0 Å². The summed E-state index contributed by atoms with van der Waals surface area (Å²) in [6.45, 7) is 14.5. The highest BCUT2D eigenvalue weighted by atomic mass is 15.3. The first-order valence-electron chi connectivity index (χ1n) is 8.26. The maximum Gasteiger partial charge on any atom is 0.0126 e. The molecule has 3 heteroatoms. The van der Waals surface area contributed by atoms with Crippen molar-refractivity contribution < 1.29 is 0 Å². The van der Waals surface area contributed by atoms with Gasteiger partial charge in [0.2, 0.25) is 0 Å². The van der Waals surface area contributed by atoms with Gasteiger partial charge in [-0.25, -0.2) is 0 Å². The fourth-order valence-corrected chi connectivity index (χ4v) is 3.37. The van der Waals surface area contributed by atoms with Crippen molar-refractivity contribution in [1.82, 2.24) is 15.1 Å². The molecule has 3 nitrogen and oxygen atoms in total. The highest BCUT2D eigenvalue weighted by Gasteiger charge is 2.25. The van der Waals surface area contributed by atoms with Crippen LogP contribution >= 0.6 is 0 Å². The van der Waals surface area contributed by atoms with Crippen LogP contribution in [0.15, 0.2) is 0 Å². The van der Waals surface area contributed by atoms with Crippen molar-refractivity contribution in [2.24, 2.45) is 0 Å². The van der Waals surface area contributed by atoms with Crippen molar-refractivity contribution in [2.45, 2.75) is 64.5 Å². The van der Waals surface area contributed by atoms with Crippen LogP contribution in [0.25, 0.3) is 0 Å². The molecule has 0 spiro atoms. The topological polar surface area (TPSA) is 18.5 Å².